The molecule has 2 aromatic heterocycles. The van der Waals surface area contributed by atoms with Gasteiger partial charge in [-0.1, -0.05) is 30.3 Å². The van der Waals surface area contributed by atoms with Crippen molar-refractivity contribution >= 4 is 16.9 Å². The third kappa shape index (κ3) is 3.20. The molecule has 1 atom stereocenters. The molecule has 134 valence electrons. The minimum Gasteiger partial charge on any atom is -0.342 e. The fourth-order valence-electron chi connectivity index (χ4n) is 3.71. The molecule has 1 amide bonds. The number of carbonyl (C=O) groups is 1. The molecule has 0 saturated carbocycles. The predicted molar refractivity (Wildman–Crippen MR) is 101 cm³/mol. The van der Waals surface area contributed by atoms with Gasteiger partial charge in [-0.25, -0.2) is 9.67 Å². The van der Waals surface area contributed by atoms with Crippen LogP contribution in [0.3, 0.4) is 0 Å². The van der Waals surface area contributed by atoms with E-state index in [0.29, 0.717) is 19.5 Å². The van der Waals surface area contributed by atoms with Crippen LogP contribution in [0.4, 0.5) is 0 Å². The van der Waals surface area contributed by atoms with E-state index in [4.69, 9.17) is 10.8 Å². The summed E-state index contributed by atoms with van der Waals surface area (Å²) in [5, 5.41) is 5.85. The Morgan fingerprint density at radius 1 is 1.19 bits per heavy atom. The number of aromatic nitrogens is 3. The van der Waals surface area contributed by atoms with Crippen LogP contribution in [-0.2, 0) is 17.8 Å². The van der Waals surface area contributed by atoms with Crippen molar-refractivity contribution in [1.82, 2.24) is 19.7 Å². The first-order chi connectivity index (χ1) is 12.8. The van der Waals surface area contributed by atoms with Crippen molar-refractivity contribution in [1.29, 1.82) is 0 Å². The van der Waals surface area contributed by atoms with Crippen molar-refractivity contribution in [3.63, 3.8) is 0 Å². The van der Waals surface area contributed by atoms with Crippen LogP contribution >= 0.6 is 0 Å². The lowest BCUT2D eigenvalue weighted by Gasteiger charge is -2.16. The van der Waals surface area contributed by atoms with Gasteiger partial charge in [0.05, 0.1) is 18.7 Å². The number of benzene rings is 1. The summed E-state index contributed by atoms with van der Waals surface area (Å²) >= 11 is 0. The summed E-state index contributed by atoms with van der Waals surface area (Å²) in [7, 11) is 0. The van der Waals surface area contributed by atoms with E-state index in [0.717, 1.165) is 41.8 Å². The molecule has 1 aliphatic heterocycles. The van der Waals surface area contributed by atoms with E-state index in [1.807, 2.05) is 46.0 Å². The van der Waals surface area contributed by atoms with Gasteiger partial charge in [0.2, 0.25) is 5.91 Å². The molecule has 26 heavy (non-hydrogen) atoms. The van der Waals surface area contributed by atoms with E-state index in [2.05, 4.69) is 11.1 Å². The molecular formula is C20H23N5O. The summed E-state index contributed by atoms with van der Waals surface area (Å²) < 4.78 is 1.89. The van der Waals surface area contributed by atoms with Crippen molar-refractivity contribution in [2.24, 2.45) is 5.73 Å². The maximum atomic E-state index is 12.6. The Morgan fingerprint density at radius 2 is 2.04 bits per heavy atom. The summed E-state index contributed by atoms with van der Waals surface area (Å²) in [6, 6.07) is 13.9. The number of carbonyl (C=O) groups excluding carboxylic acids is 1. The van der Waals surface area contributed by atoms with Gasteiger partial charge in [-0.15, -0.1) is 0 Å². The molecule has 1 aromatic carbocycles. The molecule has 0 spiro atoms. The van der Waals surface area contributed by atoms with Gasteiger partial charge >= 0.3 is 0 Å². The van der Waals surface area contributed by atoms with Crippen LogP contribution < -0.4 is 5.73 Å². The Kier molecular flexibility index (Phi) is 4.67. The molecular weight excluding hydrogens is 326 g/mol. The van der Waals surface area contributed by atoms with E-state index in [1.165, 1.54) is 0 Å². The molecule has 2 N–H and O–H groups in total. The molecule has 4 rings (SSSR count). The van der Waals surface area contributed by atoms with Crippen LogP contribution in [0.15, 0.2) is 48.7 Å². The average molecular weight is 349 g/mol. The zero-order valence-electron chi connectivity index (χ0n) is 14.7. The summed E-state index contributed by atoms with van der Waals surface area (Å²) in [5.74, 6) is 0.433. The summed E-state index contributed by atoms with van der Waals surface area (Å²) in [5.41, 5.74) is 8.68. The van der Waals surface area contributed by atoms with Crippen molar-refractivity contribution in [3.8, 4) is 0 Å². The number of hydrogen-bond donors (Lipinski definition) is 1. The van der Waals surface area contributed by atoms with E-state index < -0.39 is 0 Å². The maximum absolute atomic E-state index is 12.6. The third-order valence-electron chi connectivity index (χ3n) is 5.00. The molecule has 0 unspecified atom stereocenters. The molecule has 0 radical (unpaired) electrons. The molecule has 1 aliphatic rings. The number of fused-ring (bicyclic) bond motifs is 1. The molecule has 0 aliphatic carbocycles. The van der Waals surface area contributed by atoms with Gasteiger partial charge < -0.3 is 10.6 Å². The quantitative estimate of drug-likeness (QED) is 0.764. The standard InChI is InChI=1S/C20H23N5O/c21-9-12-25-20-17(7-4-10-22-20)19(23-25)16-8-11-24(14-16)18(26)13-15-5-2-1-3-6-15/h1-7,10,16H,8-9,11-14,21H2/t16-/m1/s1. The lowest BCUT2D eigenvalue weighted by molar-refractivity contribution is -0.129. The van der Waals surface area contributed by atoms with Crippen LogP contribution in [0.5, 0.6) is 0 Å². The third-order valence-corrected chi connectivity index (χ3v) is 5.00. The van der Waals surface area contributed by atoms with Gasteiger partial charge in [0.25, 0.3) is 0 Å². The first-order valence-electron chi connectivity index (χ1n) is 9.09. The smallest absolute Gasteiger partial charge is 0.227 e. The number of amides is 1. The molecule has 1 saturated heterocycles. The summed E-state index contributed by atoms with van der Waals surface area (Å²) in [4.78, 5) is 19.1. The van der Waals surface area contributed by atoms with Gasteiger partial charge in [-0.3, -0.25) is 4.79 Å². The first-order valence-corrected chi connectivity index (χ1v) is 9.09. The lowest BCUT2D eigenvalue weighted by Crippen LogP contribution is -2.29. The molecule has 1 fully saturated rings. The summed E-state index contributed by atoms with van der Waals surface area (Å²) in [6.07, 6.45) is 3.17. The van der Waals surface area contributed by atoms with E-state index in [1.54, 1.807) is 6.20 Å². The second-order valence-electron chi connectivity index (χ2n) is 6.76. The van der Waals surface area contributed by atoms with Gasteiger partial charge in [-0.2, -0.15) is 5.10 Å². The second-order valence-corrected chi connectivity index (χ2v) is 6.76. The highest BCUT2D eigenvalue weighted by atomic mass is 16.2. The molecule has 6 heteroatoms. The van der Waals surface area contributed by atoms with Gasteiger partial charge in [-0.05, 0) is 24.1 Å². The normalized spacial score (nSPS) is 17.1. The van der Waals surface area contributed by atoms with Gasteiger partial charge in [0, 0.05) is 37.1 Å². The first kappa shape index (κ1) is 16.7. The number of nitrogens with two attached hydrogens (primary N) is 1. The fraction of sp³-hybridized carbons (Fsp3) is 0.350. The highest BCUT2D eigenvalue weighted by Gasteiger charge is 2.30. The molecule has 3 heterocycles. The number of rotatable bonds is 5. The van der Waals surface area contributed by atoms with E-state index in [9.17, 15) is 4.79 Å². The van der Waals surface area contributed by atoms with Gasteiger partial charge in [0.15, 0.2) is 5.65 Å². The van der Waals surface area contributed by atoms with E-state index >= 15 is 0 Å². The fourth-order valence-corrected chi connectivity index (χ4v) is 3.71. The Labute approximate surface area is 152 Å². The molecule has 0 bridgehead atoms. The SMILES string of the molecule is NCCn1nc([C@@H]2CCN(C(=O)Cc3ccccc3)C2)c2cccnc21. The summed E-state index contributed by atoms with van der Waals surface area (Å²) in [6.45, 7) is 2.67. The van der Waals surface area contributed by atoms with Crippen molar-refractivity contribution in [3.05, 3.63) is 59.9 Å². The maximum Gasteiger partial charge on any atom is 0.227 e. The Morgan fingerprint density at radius 3 is 2.85 bits per heavy atom. The van der Waals surface area contributed by atoms with Crippen LogP contribution in [0, 0.1) is 0 Å². The lowest BCUT2D eigenvalue weighted by atomic mass is 10.0. The van der Waals surface area contributed by atoms with Crippen molar-refractivity contribution in [2.45, 2.75) is 25.3 Å². The Bertz CT molecular complexity index is 905. The molecule has 6 nitrogen and oxygen atoms in total. The predicted octanol–water partition coefficient (Wildman–Crippen LogP) is 1.95. The number of hydrogen-bond acceptors (Lipinski definition) is 4. The van der Waals surface area contributed by atoms with E-state index in [-0.39, 0.29) is 11.8 Å². The van der Waals surface area contributed by atoms with Crippen molar-refractivity contribution in [2.75, 3.05) is 19.6 Å². The second kappa shape index (κ2) is 7.25. The Balaban J connectivity index is 1.52. The monoisotopic (exact) mass is 349 g/mol. The number of likely N-dealkylation sites (tertiary alicyclic amines) is 1. The topological polar surface area (TPSA) is 77.0 Å². The Hall–Kier alpha value is -2.73. The zero-order chi connectivity index (χ0) is 17.9. The highest BCUT2D eigenvalue weighted by molar-refractivity contribution is 5.81. The minimum atomic E-state index is 0.183. The van der Waals surface area contributed by atoms with Crippen LogP contribution in [0.1, 0.15) is 23.6 Å². The van der Waals surface area contributed by atoms with Crippen molar-refractivity contribution < 1.29 is 4.79 Å². The zero-order valence-corrected chi connectivity index (χ0v) is 14.7. The van der Waals surface area contributed by atoms with Gasteiger partial charge in [0.1, 0.15) is 0 Å². The molecule has 3 aromatic rings. The van der Waals surface area contributed by atoms with Crippen LogP contribution in [-0.4, -0.2) is 45.2 Å². The number of nitrogens with zero attached hydrogens (tertiary/aromatic N) is 4. The van der Waals surface area contributed by atoms with Crippen LogP contribution in [0.25, 0.3) is 11.0 Å². The minimum absolute atomic E-state index is 0.183. The largest absolute Gasteiger partial charge is 0.342 e. The average Bonchev–Trinajstić information content (AvgIpc) is 3.28. The van der Waals surface area contributed by atoms with Crippen LogP contribution in [0.2, 0.25) is 0 Å². The highest BCUT2D eigenvalue weighted by Crippen LogP contribution is 2.31. The number of pyridine rings is 1.